The zero-order chi connectivity index (χ0) is 11.3. The van der Waals surface area contributed by atoms with Crippen LogP contribution in [0.3, 0.4) is 0 Å². The minimum atomic E-state index is 0.427. The molecule has 0 atom stereocenters. The molecule has 1 rings (SSSR count). The van der Waals surface area contributed by atoms with Crippen molar-refractivity contribution in [2.45, 2.75) is 13.5 Å². The summed E-state index contributed by atoms with van der Waals surface area (Å²) in [6.45, 7) is 4.01. The highest BCUT2D eigenvalue weighted by Crippen LogP contribution is 2.23. The van der Waals surface area contributed by atoms with Gasteiger partial charge < -0.3 is 0 Å². The topological polar surface area (TPSA) is 27.0 Å². The fraction of sp³-hybridized carbons (Fsp3) is 0.364. The standard InChI is InChI=1S/C11H12Cl2N2/c1-2-15(6-5-14)8-9-3-4-10(12)11(13)7-9/h3-4,7H,2,6,8H2,1H3. The van der Waals surface area contributed by atoms with Gasteiger partial charge in [0.2, 0.25) is 0 Å². The molecule has 0 saturated heterocycles. The predicted octanol–water partition coefficient (Wildman–Crippen LogP) is 3.34. The summed E-state index contributed by atoms with van der Waals surface area (Å²) in [6, 6.07) is 7.67. The molecule has 0 aliphatic rings. The van der Waals surface area contributed by atoms with E-state index in [0.717, 1.165) is 18.7 Å². The summed E-state index contributed by atoms with van der Waals surface area (Å²) >= 11 is 11.7. The van der Waals surface area contributed by atoms with Crippen molar-refractivity contribution in [1.82, 2.24) is 4.90 Å². The van der Waals surface area contributed by atoms with E-state index in [4.69, 9.17) is 28.5 Å². The molecule has 0 heterocycles. The molecule has 0 radical (unpaired) electrons. The van der Waals surface area contributed by atoms with E-state index in [9.17, 15) is 0 Å². The van der Waals surface area contributed by atoms with Gasteiger partial charge in [-0.2, -0.15) is 5.26 Å². The van der Waals surface area contributed by atoms with Gasteiger partial charge in [-0.1, -0.05) is 36.2 Å². The molecule has 0 N–H and O–H groups in total. The largest absolute Gasteiger partial charge is 0.287 e. The van der Waals surface area contributed by atoms with Crippen LogP contribution in [0.5, 0.6) is 0 Å². The molecular weight excluding hydrogens is 231 g/mol. The first kappa shape index (κ1) is 12.3. The van der Waals surface area contributed by atoms with E-state index >= 15 is 0 Å². The van der Waals surface area contributed by atoms with Gasteiger partial charge in [-0.05, 0) is 24.2 Å². The van der Waals surface area contributed by atoms with E-state index in [1.54, 1.807) is 6.07 Å². The molecule has 1 aromatic rings. The van der Waals surface area contributed by atoms with Crippen LogP contribution in [0.2, 0.25) is 10.0 Å². The number of benzene rings is 1. The Bertz CT molecular complexity index is 371. The van der Waals surface area contributed by atoms with Crippen LogP contribution in [0.4, 0.5) is 0 Å². The fourth-order valence-corrected chi connectivity index (χ4v) is 1.60. The summed E-state index contributed by atoms with van der Waals surface area (Å²) in [5.74, 6) is 0. The van der Waals surface area contributed by atoms with E-state index in [-0.39, 0.29) is 0 Å². The van der Waals surface area contributed by atoms with E-state index in [2.05, 4.69) is 6.07 Å². The SMILES string of the molecule is CCN(CC#N)Cc1ccc(Cl)c(Cl)c1. The third kappa shape index (κ3) is 3.71. The first-order valence-electron chi connectivity index (χ1n) is 4.70. The molecular formula is C11H12Cl2N2. The molecule has 0 saturated carbocycles. The van der Waals surface area contributed by atoms with Crippen molar-refractivity contribution in [3.8, 4) is 6.07 Å². The maximum absolute atomic E-state index is 8.61. The first-order valence-corrected chi connectivity index (χ1v) is 5.46. The average Bonchev–Trinajstić information content (AvgIpc) is 2.23. The number of nitrogens with zero attached hydrogens (tertiary/aromatic N) is 2. The van der Waals surface area contributed by atoms with Crippen molar-refractivity contribution in [3.63, 3.8) is 0 Å². The lowest BCUT2D eigenvalue weighted by molar-refractivity contribution is 0.315. The molecule has 0 aliphatic carbocycles. The highest BCUT2D eigenvalue weighted by atomic mass is 35.5. The third-order valence-corrected chi connectivity index (χ3v) is 2.87. The quantitative estimate of drug-likeness (QED) is 0.758. The smallest absolute Gasteiger partial charge is 0.0868 e. The molecule has 15 heavy (non-hydrogen) atoms. The Hall–Kier alpha value is -0.750. The van der Waals surface area contributed by atoms with E-state index < -0.39 is 0 Å². The Kier molecular flexibility index (Phi) is 4.90. The van der Waals surface area contributed by atoms with Crippen molar-refractivity contribution in [2.75, 3.05) is 13.1 Å². The van der Waals surface area contributed by atoms with Crippen molar-refractivity contribution in [1.29, 1.82) is 5.26 Å². The van der Waals surface area contributed by atoms with Crippen LogP contribution in [-0.2, 0) is 6.54 Å². The van der Waals surface area contributed by atoms with Gasteiger partial charge in [0.15, 0.2) is 0 Å². The number of nitriles is 1. The fourth-order valence-electron chi connectivity index (χ4n) is 1.28. The van der Waals surface area contributed by atoms with Crippen molar-refractivity contribution in [2.24, 2.45) is 0 Å². The Morgan fingerprint density at radius 2 is 2.07 bits per heavy atom. The Balaban J connectivity index is 2.71. The van der Waals surface area contributed by atoms with Gasteiger partial charge in [0.05, 0.1) is 22.7 Å². The predicted molar refractivity (Wildman–Crippen MR) is 63.0 cm³/mol. The summed E-state index contributed by atoms with van der Waals surface area (Å²) in [7, 11) is 0. The van der Waals surface area contributed by atoms with Gasteiger partial charge in [0, 0.05) is 6.54 Å². The van der Waals surface area contributed by atoms with Crippen LogP contribution >= 0.6 is 23.2 Å². The number of halogens is 2. The summed E-state index contributed by atoms with van der Waals surface area (Å²) in [5, 5.41) is 9.72. The molecule has 0 amide bonds. The Morgan fingerprint density at radius 3 is 2.60 bits per heavy atom. The van der Waals surface area contributed by atoms with Crippen LogP contribution in [-0.4, -0.2) is 18.0 Å². The van der Waals surface area contributed by atoms with Crippen molar-refractivity contribution < 1.29 is 0 Å². The molecule has 0 spiro atoms. The maximum atomic E-state index is 8.61. The van der Waals surface area contributed by atoms with Gasteiger partial charge in [0.1, 0.15) is 0 Å². The minimum absolute atomic E-state index is 0.427. The molecule has 0 unspecified atom stereocenters. The van der Waals surface area contributed by atoms with Gasteiger partial charge in [0.25, 0.3) is 0 Å². The number of hydrogen-bond acceptors (Lipinski definition) is 2. The lowest BCUT2D eigenvalue weighted by Gasteiger charge is -2.16. The van der Waals surface area contributed by atoms with Crippen molar-refractivity contribution >= 4 is 23.2 Å². The highest BCUT2D eigenvalue weighted by molar-refractivity contribution is 6.42. The first-order chi connectivity index (χ1) is 7.17. The monoisotopic (exact) mass is 242 g/mol. The molecule has 0 aliphatic heterocycles. The molecule has 1 aromatic carbocycles. The number of rotatable bonds is 4. The highest BCUT2D eigenvalue weighted by Gasteiger charge is 2.04. The molecule has 2 nitrogen and oxygen atoms in total. The summed E-state index contributed by atoms with van der Waals surface area (Å²) in [4.78, 5) is 2.03. The van der Waals surface area contributed by atoms with Crippen LogP contribution in [0.1, 0.15) is 12.5 Å². The molecule has 4 heteroatoms. The summed E-state index contributed by atoms with van der Waals surface area (Å²) in [5.41, 5.74) is 1.07. The van der Waals surface area contributed by atoms with Crippen LogP contribution in [0.25, 0.3) is 0 Å². The molecule has 0 aromatic heterocycles. The number of hydrogen-bond donors (Lipinski definition) is 0. The zero-order valence-corrected chi connectivity index (χ0v) is 10.0. The van der Waals surface area contributed by atoms with Crippen LogP contribution in [0.15, 0.2) is 18.2 Å². The van der Waals surface area contributed by atoms with Gasteiger partial charge in [-0.15, -0.1) is 0 Å². The Labute approximate surface area is 100 Å². The summed E-state index contributed by atoms with van der Waals surface area (Å²) < 4.78 is 0. The third-order valence-electron chi connectivity index (χ3n) is 2.13. The molecule has 80 valence electrons. The Morgan fingerprint density at radius 1 is 1.33 bits per heavy atom. The van der Waals surface area contributed by atoms with E-state index in [1.807, 2.05) is 24.0 Å². The second-order valence-electron chi connectivity index (χ2n) is 3.21. The van der Waals surface area contributed by atoms with Crippen molar-refractivity contribution in [3.05, 3.63) is 33.8 Å². The van der Waals surface area contributed by atoms with Crippen LogP contribution < -0.4 is 0 Å². The lowest BCUT2D eigenvalue weighted by Crippen LogP contribution is -2.22. The zero-order valence-electron chi connectivity index (χ0n) is 8.50. The lowest BCUT2D eigenvalue weighted by atomic mass is 10.2. The second kappa shape index (κ2) is 5.97. The van der Waals surface area contributed by atoms with Crippen LogP contribution in [0, 0.1) is 11.3 Å². The van der Waals surface area contributed by atoms with E-state index in [1.165, 1.54) is 0 Å². The molecule has 0 fully saturated rings. The molecule has 0 bridgehead atoms. The second-order valence-corrected chi connectivity index (χ2v) is 4.02. The van der Waals surface area contributed by atoms with Gasteiger partial charge >= 0.3 is 0 Å². The van der Waals surface area contributed by atoms with E-state index in [0.29, 0.717) is 16.6 Å². The maximum Gasteiger partial charge on any atom is 0.0868 e. The normalized spacial score (nSPS) is 10.3. The summed E-state index contributed by atoms with van der Waals surface area (Å²) in [6.07, 6.45) is 0. The van der Waals surface area contributed by atoms with Gasteiger partial charge in [-0.25, -0.2) is 0 Å². The average molecular weight is 243 g/mol. The van der Waals surface area contributed by atoms with Gasteiger partial charge in [-0.3, -0.25) is 4.90 Å². The minimum Gasteiger partial charge on any atom is -0.287 e.